The number of likely N-dealkylation sites (tertiary alicyclic amines) is 1. The van der Waals surface area contributed by atoms with E-state index in [-0.39, 0.29) is 29.7 Å². The monoisotopic (exact) mass is 411 g/mol. The maximum absolute atomic E-state index is 12.2. The molecule has 28 heavy (non-hydrogen) atoms. The normalized spacial score (nSPS) is 15.1. The van der Waals surface area contributed by atoms with Crippen LogP contribution in [0.5, 0.6) is 0 Å². The van der Waals surface area contributed by atoms with Gasteiger partial charge in [0.2, 0.25) is 15.9 Å². The molecule has 0 radical (unpaired) electrons. The second kappa shape index (κ2) is 9.65. The molecule has 1 saturated heterocycles. The molecule has 0 aliphatic carbocycles. The van der Waals surface area contributed by atoms with Crippen LogP contribution in [-0.4, -0.2) is 56.8 Å². The van der Waals surface area contributed by atoms with Crippen LogP contribution in [0.1, 0.15) is 33.1 Å². The van der Waals surface area contributed by atoms with Crippen molar-refractivity contribution >= 4 is 33.5 Å². The summed E-state index contributed by atoms with van der Waals surface area (Å²) in [4.78, 5) is 36.6. The zero-order valence-corrected chi connectivity index (χ0v) is 16.8. The Hall–Kier alpha value is -2.46. The fourth-order valence-electron chi connectivity index (χ4n) is 2.79. The maximum Gasteiger partial charge on any atom is 0.307 e. The molecule has 0 aromatic heterocycles. The predicted octanol–water partition coefficient (Wildman–Crippen LogP) is 0.867. The van der Waals surface area contributed by atoms with Gasteiger partial charge in [-0.05, 0) is 44.0 Å². The molecule has 154 valence electrons. The smallest absolute Gasteiger partial charge is 0.307 e. The molecule has 0 saturated carbocycles. The van der Waals surface area contributed by atoms with E-state index in [0.717, 1.165) is 12.8 Å². The number of hydrogen-bond donors (Lipinski definition) is 2. The molecule has 1 aliphatic rings. The van der Waals surface area contributed by atoms with Crippen molar-refractivity contribution in [2.75, 3.05) is 25.0 Å². The average Bonchev–Trinajstić information content (AvgIpc) is 3.15. The van der Waals surface area contributed by atoms with Gasteiger partial charge in [0.05, 0.1) is 11.3 Å². The lowest BCUT2D eigenvalue weighted by molar-refractivity contribution is -0.158. The highest BCUT2D eigenvalue weighted by molar-refractivity contribution is 7.89. The summed E-state index contributed by atoms with van der Waals surface area (Å²) < 4.78 is 31.9. The molecule has 0 bridgehead atoms. The number of amides is 2. The number of nitrogens with one attached hydrogen (secondary N) is 2. The number of ether oxygens (including phenoxy) is 1. The van der Waals surface area contributed by atoms with Gasteiger partial charge < -0.3 is 15.0 Å². The molecule has 10 heteroatoms. The Morgan fingerprint density at radius 2 is 1.75 bits per heavy atom. The lowest BCUT2D eigenvalue weighted by atomic mass is 10.3. The van der Waals surface area contributed by atoms with Crippen molar-refractivity contribution in [1.82, 2.24) is 9.62 Å². The van der Waals surface area contributed by atoms with E-state index in [1.165, 1.54) is 38.1 Å². The van der Waals surface area contributed by atoms with Crippen molar-refractivity contribution in [2.24, 2.45) is 0 Å². The average molecular weight is 411 g/mol. The van der Waals surface area contributed by atoms with Gasteiger partial charge >= 0.3 is 5.97 Å². The molecule has 1 fully saturated rings. The molecule has 1 heterocycles. The van der Waals surface area contributed by atoms with Gasteiger partial charge in [-0.25, -0.2) is 13.1 Å². The van der Waals surface area contributed by atoms with Gasteiger partial charge in [0.25, 0.3) is 5.91 Å². The third-order valence-electron chi connectivity index (χ3n) is 4.18. The minimum Gasteiger partial charge on any atom is -0.452 e. The number of anilines is 1. The lowest BCUT2D eigenvalue weighted by Crippen LogP contribution is -2.38. The fraction of sp³-hybridized carbons (Fsp3) is 0.500. The molecule has 1 unspecified atom stereocenters. The highest BCUT2D eigenvalue weighted by Crippen LogP contribution is 2.14. The first-order valence-corrected chi connectivity index (χ1v) is 10.5. The van der Waals surface area contributed by atoms with Gasteiger partial charge in [-0.2, -0.15) is 0 Å². The van der Waals surface area contributed by atoms with Crippen molar-refractivity contribution in [2.45, 2.75) is 44.1 Å². The number of carbonyl (C=O) groups excluding carboxylic acids is 3. The quantitative estimate of drug-likeness (QED) is 0.612. The first-order chi connectivity index (χ1) is 13.2. The van der Waals surface area contributed by atoms with E-state index in [0.29, 0.717) is 18.8 Å². The van der Waals surface area contributed by atoms with Crippen molar-refractivity contribution in [3.05, 3.63) is 24.3 Å². The number of carbonyl (C=O) groups is 3. The summed E-state index contributed by atoms with van der Waals surface area (Å²) in [5, 5.41) is 2.54. The first-order valence-electron chi connectivity index (χ1n) is 9.04. The van der Waals surface area contributed by atoms with E-state index in [9.17, 15) is 22.8 Å². The Kier molecular flexibility index (Phi) is 7.53. The number of esters is 1. The number of sulfonamides is 1. The Bertz CT molecular complexity index is 816. The van der Waals surface area contributed by atoms with Crippen LogP contribution >= 0.6 is 0 Å². The SMILES string of the molecule is CC(=O)Nc1ccc(S(=O)(=O)NCCC(=O)OC(C)C(=O)N2CCCC2)cc1. The first kappa shape index (κ1) is 21.8. The molecule has 1 atom stereocenters. The zero-order valence-electron chi connectivity index (χ0n) is 15.9. The molecular weight excluding hydrogens is 386 g/mol. The zero-order chi connectivity index (χ0) is 20.7. The summed E-state index contributed by atoms with van der Waals surface area (Å²) >= 11 is 0. The van der Waals surface area contributed by atoms with Gasteiger partial charge in [0.1, 0.15) is 0 Å². The summed E-state index contributed by atoms with van der Waals surface area (Å²) in [6.45, 7) is 4.05. The van der Waals surface area contributed by atoms with Crippen LogP contribution in [0.3, 0.4) is 0 Å². The largest absolute Gasteiger partial charge is 0.452 e. The third-order valence-corrected chi connectivity index (χ3v) is 5.66. The lowest BCUT2D eigenvalue weighted by Gasteiger charge is -2.20. The fourth-order valence-corrected chi connectivity index (χ4v) is 3.82. The van der Waals surface area contributed by atoms with E-state index in [2.05, 4.69) is 10.0 Å². The van der Waals surface area contributed by atoms with Crippen LogP contribution in [0.2, 0.25) is 0 Å². The van der Waals surface area contributed by atoms with Crippen LogP contribution in [0, 0.1) is 0 Å². The second-order valence-corrected chi connectivity index (χ2v) is 8.28. The summed E-state index contributed by atoms with van der Waals surface area (Å²) in [5.41, 5.74) is 0.478. The van der Waals surface area contributed by atoms with Gasteiger partial charge in [0, 0.05) is 32.2 Å². The summed E-state index contributed by atoms with van der Waals surface area (Å²) in [7, 11) is -3.80. The minimum atomic E-state index is -3.80. The van der Waals surface area contributed by atoms with E-state index < -0.39 is 22.1 Å². The summed E-state index contributed by atoms with van der Waals surface area (Å²) in [6.07, 6.45) is 0.810. The van der Waals surface area contributed by atoms with Gasteiger partial charge in [-0.1, -0.05) is 0 Å². The standard InChI is InChI=1S/C18H25N3O6S/c1-13(18(24)21-11-3-4-12-21)27-17(23)9-10-19-28(25,26)16-7-5-15(6-8-16)20-14(2)22/h5-8,13,19H,3-4,9-12H2,1-2H3,(H,20,22). The summed E-state index contributed by atoms with van der Waals surface area (Å²) in [5.74, 6) is -1.14. The molecule has 2 amide bonds. The Morgan fingerprint density at radius 3 is 2.32 bits per heavy atom. The predicted molar refractivity (Wildman–Crippen MR) is 102 cm³/mol. The number of rotatable bonds is 8. The highest BCUT2D eigenvalue weighted by atomic mass is 32.2. The molecule has 1 aromatic rings. The summed E-state index contributed by atoms with van der Waals surface area (Å²) in [6, 6.07) is 5.64. The topological polar surface area (TPSA) is 122 Å². The van der Waals surface area contributed by atoms with E-state index in [4.69, 9.17) is 4.74 Å². The van der Waals surface area contributed by atoms with Crippen molar-refractivity contribution < 1.29 is 27.5 Å². The van der Waals surface area contributed by atoms with Gasteiger partial charge in [-0.15, -0.1) is 0 Å². The number of nitrogens with zero attached hydrogens (tertiary/aromatic N) is 1. The molecule has 2 N–H and O–H groups in total. The molecular formula is C18H25N3O6S. The van der Waals surface area contributed by atoms with Crippen LogP contribution < -0.4 is 10.0 Å². The molecule has 0 spiro atoms. The maximum atomic E-state index is 12.2. The van der Waals surface area contributed by atoms with Gasteiger partial charge in [-0.3, -0.25) is 14.4 Å². The van der Waals surface area contributed by atoms with Crippen molar-refractivity contribution in [3.63, 3.8) is 0 Å². The molecule has 2 rings (SSSR count). The van der Waals surface area contributed by atoms with E-state index >= 15 is 0 Å². The highest BCUT2D eigenvalue weighted by Gasteiger charge is 2.26. The third kappa shape index (κ3) is 6.31. The van der Waals surface area contributed by atoms with Crippen LogP contribution in [-0.2, 0) is 29.1 Å². The van der Waals surface area contributed by atoms with Crippen molar-refractivity contribution in [1.29, 1.82) is 0 Å². The Labute approximate surface area is 164 Å². The Morgan fingerprint density at radius 1 is 1.14 bits per heavy atom. The van der Waals surface area contributed by atoms with Crippen LogP contribution in [0.15, 0.2) is 29.2 Å². The Balaban J connectivity index is 1.79. The molecule has 9 nitrogen and oxygen atoms in total. The van der Waals surface area contributed by atoms with E-state index in [1.807, 2.05) is 0 Å². The molecule has 1 aliphatic heterocycles. The van der Waals surface area contributed by atoms with Crippen LogP contribution in [0.4, 0.5) is 5.69 Å². The molecule has 1 aromatic carbocycles. The van der Waals surface area contributed by atoms with Crippen molar-refractivity contribution in [3.8, 4) is 0 Å². The number of benzene rings is 1. The minimum absolute atomic E-state index is 0.00699. The van der Waals surface area contributed by atoms with Gasteiger partial charge in [0.15, 0.2) is 6.10 Å². The van der Waals surface area contributed by atoms with E-state index in [1.54, 1.807) is 4.90 Å². The number of hydrogen-bond acceptors (Lipinski definition) is 6. The second-order valence-electron chi connectivity index (χ2n) is 6.52. The van der Waals surface area contributed by atoms with Crippen LogP contribution in [0.25, 0.3) is 0 Å².